The van der Waals surface area contributed by atoms with Crippen LogP contribution in [-0.4, -0.2) is 9.97 Å². The van der Waals surface area contributed by atoms with Gasteiger partial charge in [0.05, 0.1) is 0 Å². The number of pyridine rings is 1. The molecule has 0 radical (unpaired) electrons. The van der Waals surface area contributed by atoms with E-state index in [0.717, 1.165) is 11.1 Å². The average molecular weight is 224 g/mol. The van der Waals surface area contributed by atoms with Gasteiger partial charge in [0.15, 0.2) is 17.1 Å². The monoisotopic (exact) mass is 224 g/mol. The molecule has 0 atom stereocenters. The summed E-state index contributed by atoms with van der Waals surface area (Å²) in [5.41, 5.74) is 4.87. The molecule has 0 aliphatic carbocycles. The van der Waals surface area contributed by atoms with Crippen molar-refractivity contribution in [1.29, 1.82) is 0 Å². The summed E-state index contributed by atoms with van der Waals surface area (Å²) in [6.45, 7) is 3.92. The Balaban J connectivity index is 2.21. The van der Waals surface area contributed by atoms with Crippen LogP contribution in [0.15, 0.2) is 40.9 Å². The number of hydrogen-bond donors (Lipinski definition) is 0. The van der Waals surface area contributed by atoms with E-state index in [1.807, 2.05) is 31.3 Å². The van der Waals surface area contributed by atoms with Gasteiger partial charge in [-0.25, -0.2) is 4.98 Å². The van der Waals surface area contributed by atoms with Gasteiger partial charge in [-0.05, 0) is 24.1 Å². The van der Waals surface area contributed by atoms with Gasteiger partial charge in [-0.15, -0.1) is 0 Å². The molecule has 3 nitrogen and oxygen atoms in total. The van der Waals surface area contributed by atoms with Crippen LogP contribution in [0.5, 0.6) is 0 Å². The molecule has 17 heavy (non-hydrogen) atoms. The van der Waals surface area contributed by atoms with Crippen molar-refractivity contribution in [2.24, 2.45) is 0 Å². The van der Waals surface area contributed by atoms with E-state index < -0.39 is 0 Å². The largest absolute Gasteiger partial charge is 0.439 e. The molecule has 0 N–H and O–H groups in total. The van der Waals surface area contributed by atoms with E-state index in [1.54, 1.807) is 0 Å². The quantitative estimate of drug-likeness (QED) is 0.635. The first-order valence-corrected chi connectivity index (χ1v) is 5.53. The van der Waals surface area contributed by atoms with Gasteiger partial charge in [-0.3, -0.25) is 0 Å². The molecule has 0 unspecified atom stereocenters. The molecule has 0 bridgehead atoms. The number of aryl methyl sites for hydroxylation is 2. The van der Waals surface area contributed by atoms with Crippen LogP contribution in [0, 0.1) is 13.8 Å². The SMILES string of the molecule is Cc1nc2ncc(-c3ccccc3C)cc2o1. The molecular weight excluding hydrogens is 212 g/mol. The number of benzene rings is 1. The summed E-state index contributed by atoms with van der Waals surface area (Å²) in [6.07, 6.45) is 1.84. The lowest BCUT2D eigenvalue weighted by molar-refractivity contribution is 0.561. The van der Waals surface area contributed by atoms with Crippen molar-refractivity contribution >= 4 is 11.2 Å². The molecule has 1 aromatic carbocycles. The van der Waals surface area contributed by atoms with Gasteiger partial charge >= 0.3 is 0 Å². The van der Waals surface area contributed by atoms with Gasteiger partial charge in [-0.2, -0.15) is 4.98 Å². The van der Waals surface area contributed by atoms with Crippen molar-refractivity contribution in [2.45, 2.75) is 13.8 Å². The van der Waals surface area contributed by atoms with Crippen LogP contribution in [0.25, 0.3) is 22.4 Å². The highest BCUT2D eigenvalue weighted by Gasteiger charge is 2.07. The summed E-state index contributed by atoms with van der Waals surface area (Å²) in [5, 5.41) is 0. The van der Waals surface area contributed by atoms with Crippen molar-refractivity contribution < 1.29 is 4.42 Å². The molecular formula is C14H12N2O. The van der Waals surface area contributed by atoms with Gasteiger partial charge in [0.2, 0.25) is 0 Å². The fraction of sp³-hybridized carbons (Fsp3) is 0.143. The van der Waals surface area contributed by atoms with Gasteiger partial charge in [0.25, 0.3) is 0 Å². The number of hydrogen-bond acceptors (Lipinski definition) is 3. The summed E-state index contributed by atoms with van der Waals surface area (Å²) < 4.78 is 5.50. The second-order valence-corrected chi connectivity index (χ2v) is 4.09. The summed E-state index contributed by atoms with van der Waals surface area (Å²) in [5.74, 6) is 0.648. The normalized spacial score (nSPS) is 10.9. The fourth-order valence-electron chi connectivity index (χ4n) is 1.97. The molecule has 2 heterocycles. The Morgan fingerprint density at radius 2 is 1.94 bits per heavy atom. The summed E-state index contributed by atoms with van der Waals surface area (Å²) >= 11 is 0. The van der Waals surface area contributed by atoms with E-state index in [9.17, 15) is 0 Å². The lowest BCUT2D eigenvalue weighted by Crippen LogP contribution is -1.84. The third-order valence-corrected chi connectivity index (χ3v) is 2.81. The minimum absolute atomic E-state index is 0.648. The zero-order chi connectivity index (χ0) is 11.8. The molecule has 0 saturated carbocycles. The molecule has 84 valence electrons. The summed E-state index contributed by atoms with van der Waals surface area (Å²) in [4.78, 5) is 8.51. The van der Waals surface area contributed by atoms with Gasteiger partial charge < -0.3 is 4.42 Å². The fourth-order valence-corrected chi connectivity index (χ4v) is 1.97. The Morgan fingerprint density at radius 3 is 2.76 bits per heavy atom. The Morgan fingerprint density at radius 1 is 1.12 bits per heavy atom. The Labute approximate surface area is 99.1 Å². The number of rotatable bonds is 1. The average Bonchev–Trinajstić information content (AvgIpc) is 2.68. The summed E-state index contributed by atoms with van der Waals surface area (Å²) in [7, 11) is 0. The van der Waals surface area contributed by atoms with Crippen LogP contribution < -0.4 is 0 Å². The summed E-state index contributed by atoms with van der Waals surface area (Å²) in [6, 6.07) is 10.2. The topological polar surface area (TPSA) is 38.9 Å². The molecule has 0 amide bonds. The predicted molar refractivity (Wildman–Crippen MR) is 66.7 cm³/mol. The number of fused-ring (bicyclic) bond motifs is 1. The zero-order valence-electron chi connectivity index (χ0n) is 9.77. The van der Waals surface area contributed by atoms with E-state index in [1.165, 1.54) is 11.1 Å². The first-order valence-electron chi connectivity index (χ1n) is 5.53. The van der Waals surface area contributed by atoms with Crippen LogP contribution in [0.1, 0.15) is 11.5 Å². The molecule has 0 fully saturated rings. The maximum absolute atomic E-state index is 5.50. The van der Waals surface area contributed by atoms with Gasteiger partial charge in [-0.1, -0.05) is 24.3 Å². The zero-order valence-corrected chi connectivity index (χ0v) is 9.77. The molecule has 3 heteroatoms. The van der Waals surface area contributed by atoms with Crippen molar-refractivity contribution in [3.05, 3.63) is 48.0 Å². The minimum atomic E-state index is 0.648. The number of nitrogens with zero attached hydrogens (tertiary/aromatic N) is 2. The van der Waals surface area contributed by atoms with Crippen molar-refractivity contribution in [1.82, 2.24) is 9.97 Å². The molecule has 3 rings (SSSR count). The number of oxazole rings is 1. The molecule has 3 aromatic rings. The predicted octanol–water partition coefficient (Wildman–Crippen LogP) is 3.51. The molecule has 0 saturated heterocycles. The molecule has 2 aromatic heterocycles. The van der Waals surface area contributed by atoms with E-state index in [-0.39, 0.29) is 0 Å². The molecule has 0 aliphatic rings. The minimum Gasteiger partial charge on any atom is -0.439 e. The van der Waals surface area contributed by atoms with Crippen LogP contribution >= 0.6 is 0 Å². The van der Waals surface area contributed by atoms with E-state index in [4.69, 9.17) is 4.42 Å². The second kappa shape index (κ2) is 3.70. The molecule has 0 spiro atoms. The lowest BCUT2D eigenvalue weighted by Gasteiger charge is -2.04. The van der Waals surface area contributed by atoms with Crippen molar-refractivity contribution in [3.63, 3.8) is 0 Å². The van der Waals surface area contributed by atoms with Gasteiger partial charge in [0.1, 0.15) is 0 Å². The molecule has 0 aliphatic heterocycles. The van der Waals surface area contributed by atoms with Crippen molar-refractivity contribution in [2.75, 3.05) is 0 Å². The lowest BCUT2D eigenvalue weighted by atomic mass is 10.0. The standard InChI is InChI=1S/C14H12N2O/c1-9-5-3-4-6-12(9)11-7-13-14(15-8-11)16-10(2)17-13/h3-8H,1-2H3. The van der Waals surface area contributed by atoms with Crippen LogP contribution in [-0.2, 0) is 0 Å². The maximum atomic E-state index is 5.50. The van der Waals surface area contributed by atoms with E-state index in [0.29, 0.717) is 11.5 Å². The Hall–Kier alpha value is -2.16. The highest BCUT2D eigenvalue weighted by Crippen LogP contribution is 2.25. The maximum Gasteiger partial charge on any atom is 0.198 e. The first kappa shape index (κ1) is 10.0. The van der Waals surface area contributed by atoms with Crippen LogP contribution in [0.2, 0.25) is 0 Å². The second-order valence-electron chi connectivity index (χ2n) is 4.09. The Bertz CT molecular complexity index is 686. The third kappa shape index (κ3) is 1.69. The smallest absolute Gasteiger partial charge is 0.198 e. The number of aromatic nitrogens is 2. The van der Waals surface area contributed by atoms with Gasteiger partial charge in [0, 0.05) is 18.7 Å². The first-order chi connectivity index (χ1) is 8.24. The Kier molecular flexibility index (Phi) is 2.18. The van der Waals surface area contributed by atoms with Crippen LogP contribution in [0.4, 0.5) is 0 Å². The highest BCUT2D eigenvalue weighted by atomic mass is 16.3. The van der Waals surface area contributed by atoms with E-state index >= 15 is 0 Å². The van der Waals surface area contributed by atoms with E-state index in [2.05, 4.69) is 29.0 Å². The van der Waals surface area contributed by atoms with Crippen molar-refractivity contribution in [3.8, 4) is 11.1 Å². The highest BCUT2D eigenvalue weighted by molar-refractivity contribution is 5.77. The third-order valence-electron chi connectivity index (χ3n) is 2.81. The van der Waals surface area contributed by atoms with Crippen LogP contribution in [0.3, 0.4) is 0 Å².